The van der Waals surface area contributed by atoms with Crippen LogP contribution in [0.1, 0.15) is 22.3 Å². The Balaban J connectivity index is 0.000000356. The van der Waals surface area contributed by atoms with E-state index >= 15 is 0 Å². The van der Waals surface area contributed by atoms with E-state index in [1.807, 2.05) is 18.2 Å². The molecule has 1 nitrogen and oxygen atoms in total. The Morgan fingerprint density at radius 3 is 1.20 bits per heavy atom. The van der Waals surface area contributed by atoms with Gasteiger partial charge in [-0.1, -0.05) is 102 Å². The number of aryl methyl sites for hydroxylation is 4. The molecule has 0 aliphatic rings. The minimum absolute atomic E-state index is 1.16. The average molecular weight is 456 g/mol. The Bertz CT molecular complexity index is 1300. The lowest BCUT2D eigenvalue weighted by atomic mass is 10.0. The SMILES string of the molecule is Cc1ccc(-c2ccc(N(c3cccc(C)c3)c3cccc(C)c3)cc2)cc1.Cc1ccccc1. The zero-order valence-electron chi connectivity index (χ0n) is 21.1. The lowest BCUT2D eigenvalue weighted by Gasteiger charge is -2.26. The molecule has 0 heterocycles. The second-order valence-corrected chi connectivity index (χ2v) is 9.08. The molecule has 5 rings (SSSR count). The maximum atomic E-state index is 2.32. The molecule has 0 fully saturated rings. The number of anilines is 3. The highest BCUT2D eigenvalue weighted by Crippen LogP contribution is 2.36. The van der Waals surface area contributed by atoms with E-state index in [9.17, 15) is 0 Å². The van der Waals surface area contributed by atoms with Crippen molar-refractivity contribution in [3.05, 3.63) is 150 Å². The van der Waals surface area contributed by atoms with E-state index < -0.39 is 0 Å². The summed E-state index contributed by atoms with van der Waals surface area (Å²) in [6.45, 7) is 8.48. The Morgan fingerprint density at radius 2 is 0.771 bits per heavy atom. The van der Waals surface area contributed by atoms with Gasteiger partial charge in [0.25, 0.3) is 0 Å². The molecule has 0 aromatic heterocycles. The van der Waals surface area contributed by atoms with Gasteiger partial charge in [-0.05, 0) is 86.3 Å². The highest BCUT2D eigenvalue weighted by Gasteiger charge is 2.13. The van der Waals surface area contributed by atoms with Gasteiger partial charge in [0.05, 0.1) is 0 Å². The van der Waals surface area contributed by atoms with Gasteiger partial charge in [0.1, 0.15) is 0 Å². The number of benzene rings is 5. The van der Waals surface area contributed by atoms with Crippen molar-refractivity contribution in [2.45, 2.75) is 27.7 Å². The van der Waals surface area contributed by atoms with Crippen molar-refractivity contribution in [3.8, 4) is 11.1 Å². The molecule has 0 atom stereocenters. The van der Waals surface area contributed by atoms with Crippen LogP contribution in [0.5, 0.6) is 0 Å². The zero-order valence-corrected chi connectivity index (χ0v) is 21.1. The average Bonchev–Trinajstić information content (AvgIpc) is 2.86. The van der Waals surface area contributed by atoms with Crippen molar-refractivity contribution < 1.29 is 0 Å². The molecule has 0 unspecified atom stereocenters. The van der Waals surface area contributed by atoms with Crippen LogP contribution in [-0.4, -0.2) is 0 Å². The van der Waals surface area contributed by atoms with E-state index in [2.05, 4.69) is 142 Å². The van der Waals surface area contributed by atoms with Crippen LogP contribution in [0.2, 0.25) is 0 Å². The van der Waals surface area contributed by atoms with Gasteiger partial charge < -0.3 is 4.90 Å². The molecule has 0 aliphatic heterocycles. The fourth-order valence-electron chi connectivity index (χ4n) is 4.06. The van der Waals surface area contributed by atoms with Gasteiger partial charge in [0.2, 0.25) is 0 Å². The van der Waals surface area contributed by atoms with E-state index in [0.717, 1.165) is 5.69 Å². The smallest absolute Gasteiger partial charge is 0.0464 e. The fourth-order valence-corrected chi connectivity index (χ4v) is 4.06. The minimum Gasteiger partial charge on any atom is -0.310 e. The van der Waals surface area contributed by atoms with Crippen molar-refractivity contribution >= 4 is 17.1 Å². The van der Waals surface area contributed by atoms with Crippen LogP contribution in [0, 0.1) is 27.7 Å². The van der Waals surface area contributed by atoms with Gasteiger partial charge in [-0.15, -0.1) is 0 Å². The first-order valence-electron chi connectivity index (χ1n) is 12.1. The van der Waals surface area contributed by atoms with Crippen LogP contribution < -0.4 is 4.90 Å². The number of nitrogens with zero attached hydrogens (tertiary/aromatic N) is 1. The lowest BCUT2D eigenvalue weighted by Crippen LogP contribution is -2.10. The molecule has 1 heteroatoms. The van der Waals surface area contributed by atoms with Crippen LogP contribution >= 0.6 is 0 Å². The minimum atomic E-state index is 1.16. The molecule has 0 saturated carbocycles. The van der Waals surface area contributed by atoms with E-state index in [1.54, 1.807) is 0 Å². The number of hydrogen-bond acceptors (Lipinski definition) is 1. The third-order valence-electron chi connectivity index (χ3n) is 5.97. The monoisotopic (exact) mass is 455 g/mol. The van der Waals surface area contributed by atoms with Gasteiger partial charge in [-0.3, -0.25) is 0 Å². The summed E-state index contributed by atoms with van der Waals surface area (Å²) >= 11 is 0. The van der Waals surface area contributed by atoms with E-state index in [0.29, 0.717) is 0 Å². The molecule has 0 bridgehead atoms. The third-order valence-corrected chi connectivity index (χ3v) is 5.97. The molecule has 0 saturated heterocycles. The van der Waals surface area contributed by atoms with Crippen LogP contribution in [-0.2, 0) is 0 Å². The van der Waals surface area contributed by atoms with Crippen molar-refractivity contribution in [2.24, 2.45) is 0 Å². The quantitative estimate of drug-likeness (QED) is 0.261. The van der Waals surface area contributed by atoms with Crippen molar-refractivity contribution in [1.29, 1.82) is 0 Å². The van der Waals surface area contributed by atoms with E-state index in [-0.39, 0.29) is 0 Å². The largest absolute Gasteiger partial charge is 0.310 e. The first kappa shape index (κ1) is 24.0. The first-order valence-corrected chi connectivity index (χ1v) is 12.1. The van der Waals surface area contributed by atoms with Crippen molar-refractivity contribution in [3.63, 3.8) is 0 Å². The molecular weight excluding hydrogens is 422 g/mol. The summed E-state index contributed by atoms with van der Waals surface area (Å²) in [5.74, 6) is 0. The normalized spacial score (nSPS) is 10.3. The predicted octanol–water partition coefficient (Wildman–Crippen LogP) is 9.74. The molecule has 5 aromatic rings. The molecule has 35 heavy (non-hydrogen) atoms. The Hall–Kier alpha value is -4.10. The van der Waals surface area contributed by atoms with Crippen LogP contribution in [0.4, 0.5) is 17.1 Å². The Morgan fingerprint density at radius 1 is 0.343 bits per heavy atom. The topological polar surface area (TPSA) is 3.24 Å². The predicted molar refractivity (Wildman–Crippen MR) is 152 cm³/mol. The summed E-state index contributed by atoms with van der Waals surface area (Å²) < 4.78 is 0. The first-order chi connectivity index (χ1) is 17.0. The van der Waals surface area contributed by atoms with Gasteiger partial charge in [0, 0.05) is 17.1 Å². The molecule has 0 amide bonds. The zero-order chi connectivity index (χ0) is 24.6. The molecule has 5 aromatic carbocycles. The number of hydrogen-bond donors (Lipinski definition) is 0. The molecule has 174 valence electrons. The summed E-state index contributed by atoms with van der Waals surface area (Å²) in [7, 11) is 0. The highest BCUT2D eigenvalue weighted by molar-refractivity contribution is 5.78. The standard InChI is InChI=1S/C27H25N.C7H8/c1-20-10-12-23(13-11-20)24-14-16-25(17-15-24)28(26-8-4-6-21(2)18-26)27-9-5-7-22(3)19-27;1-7-5-3-2-4-6-7/h4-19H,1-3H3;2-6H,1H3. The summed E-state index contributed by atoms with van der Waals surface area (Å²) in [5, 5.41) is 0. The summed E-state index contributed by atoms with van der Waals surface area (Å²) in [5.41, 5.74) is 11.1. The van der Waals surface area contributed by atoms with Gasteiger partial charge in [-0.2, -0.15) is 0 Å². The molecular formula is C34H33N. The van der Waals surface area contributed by atoms with Crippen molar-refractivity contribution in [2.75, 3.05) is 4.90 Å². The van der Waals surface area contributed by atoms with Crippen LogP contribution in [0.15, 0.2) is 127 Å². The van der Waals surface area contributed by atoms with Crippen LogP contribution in [0.3, 0.4) is 0 Å². The van der Waals surface area contributed by atoms with Gasteiger partial charge in [0.15, 0.2) is 0 Å². The molecule has 0 aliphatic carbocycles. The third kappa shape index (κ3) is 6.49. The fraction of sp³-hybridized carbons (Fsp3) is 0.118. The Labute approximate surface area is 210 Å². The summed E-state index contributed by atoms with van der Waals surface area (Å²) in [6, 6.07) is 45.1. The lowest BCUT2D eigenvalue weighted by molar-refractivity contribution is 1.26. The molecule has 0 N–H and O–H groups in total. The van der Waals surface area contributed by atoms with Gasteiger partial charge >= 0.3 is 0 Å². The molecule has 0 radical (unpaired) electrons. The van der Waals surface area contributed by atoms with E-state index in [4.69, 9.17) is 0 Å². The molecule has 0 spiro atoms. The highest BCUT2D eigenvalue weighted by atomic mass is 15.1. The second-order valence-electron chi connectivity index (χ2n) is 9.08. The van der Waals surface area contributed by atoms with Crippen molar-refractivity contribution in [1.82, 2.24) is 0 Å². The van der Waals surface area contributed by atoms with E-state index in [1.165, 1.54) is 44.8 Å². The summed E-state index contributed by atoms with van der Waals surface area (Å²) in [6.07, 6.45) is 0. The van der Waals surface area contributed by atoms with Gasteiger partial charge in [-0.25, -0.2) is 0 Å². The number of rotatable bonds is 4. The maximum Gasteiger partial charge on any atom is 0.0464 e. The summed E-state index contributed by atoms with van der Waals surface area (Å²) in [4.78, 5) is 2.32. The van der Waals surface area contributed by atoms with Crippen LogP contribution in [0.25, 0.3) is 11.1 Å². The maximum absolute atomic E-state index is 2.32. The Kier molecular flexibility index (Phi) is 7.80. The second kappa shape index (κ2) is 11.4.